The lowest BCUT2D eigenvalue weighted by Crippen LogP contribution is -2.51. The lowest BCUT2D eigenvalue weighted by atomic mass is 10.1. The number of nitrogens with one attached hydrogen (secondary N) is 1. The Morgan fingerprint density at radius 1 is 1.12 bits per heavy atom. The molecule has 7 nitrogen and oxygen atoms in total. The molecule has 0 aliphatic rings. The molecule has 2 rings (SSSR count). The van der Waals surface area contributed by atoms with E-state index >= 15 is 0 Å². The maximum absolute atomic E-state index is 13.4. The van der Waals surface area contributed by atoms with Crippen LogP contribution >= 0.6 is 11.6 Å². The van der Waals surface area contributed by atoms with Crippen molar-refractivity contribution in [3.63, 3.8) is 0 Å². The smallest absolute Gasteiger partial charge is 0.244 e. The molecule has 0 aromatic heterocycles. The maximum atomic E-state index is 13.4. The molecule has 0 radical (unpaired) electrons. The van der Waals surface area contributed by atoms with Crippen LogP contribution in [0.5, 0.6) is 0 Å². The van der Waals surface area contributed by atoms with Gasteiger partial charge in [0, 0.05) is 13.1 Å². The summed E-state index contributed by atoms with van der Waals surface area (Å²) in [6, 6.07) is 13.3. The number of aryl methyl sites for hydroxylation is 1. The summed E-state index contributed by atoms with van der Waals surface area (Å²) in [6.07, 6.45) is 1.78. The highest BCUT2D eigenvalue weighted by atomic mass is 35.5. The Morgan fingerprint density at radius 3 is 2.41 bits per heavy atom. The zero-order valence-corrected chi connectivity index (χ0v) is 20.4. The predicted octanol–water partition coefficient (Wildman–Crippen LogP) is 3.36. The van der Waals surface area contributed by atoms with Crippen molar-refractivity contribution in [2.75, 3.05) is 23.7 Å². The molecule has 174 valence electrons. The zero-order chi connectivity index (χ0) is 23.9. The van der Waals surface area contributed by atoms with E-state index in [2.05, 4.69) is 5.32 Å². The van der Waals surface area contributed by atoms with Gasteiger partial charge in [-0.2, -0.15) is 0 Å². The van der Waals surface area contributed by atoms with Gasteiger partial charge in [0.15, 0.2) is 0 Å². The topological polar surface area (TPSA) is 86.8 Å². The Kier molecular flexibility index (Phi) is 9.09. The molecule has 0 bridgehead atoms. The summed E-state index contributed by atoms with van der Waals surface area (Å²) in [5, 5.41) is 3.02. The van der Waals surface area contributed by atoms with E-state index in [1.165, 1.54) is 4.90 Å². The number of halogens is 1. The first-order valence-electron chi connectivity index (χ1n) is 10.4. The normalized spacial score (nSPS) is 12.2. The van der Waals surface area contributed by atoms with Gasteiger partial charge in [0.05, 0.1) is 17.0 Å². The number of rotatable bonds is 10. The molecule has 0 unspecified atom stereocenters. The molecule has 0 aliphatic heterocycles. The molecular weight excluding hydrogens is 450 g/mol. The number of carbonyl (C=O) groups is 2. The van der Waals surface area contributed by atoms with Gasteiger partial charge >= 0.3 is 0 Å². The van der Waals surface area contributed by atoms with Crippen LogP contribution in [-0.4, -0.2) is 50.5 Å². The number of anilines is 1. The second kappa shape index (κ2) is 11.3. The molecule has 0 aliphatic carbocycles. The SMILES string of the molecule is CCCNC(=O)[C@H](C)N(Cc1cccc(C)c1)C(=O)CN(c1ccccc1Cl)S(C)(=O)=O. The number of nitrogens with zero attached hydrogens (tertiary/aromatic N) is 2. The van der Waals surface area contributed by atoms with E-state index in [9.17, 15) is 18.0 Å². The minimum Gasteiger partial charge on any atom is -0.354 e. The van der Waals surface area contributed by atoms with Crippen molar-refractivity contribution < 1.29 is 18.0 Å². The van der Waals surface area contributed by atoms with E-state index < -0.39 is 28.5 Å². The van der Waals surface area contributed by atoms with Gasteiger partial charge in [-0.3, -0.25) is 13.9 Å². The minimum absolute atomic E-state index is 0.168. The van der Waals surface area contributed by atoms with Crippen LogP contribution in [0.2, 0.25) is 5.02 Å². The number of hydrogen-bond donors (Lipinski definition) is 1. The first-order chi connectivity index (χ1) is 15.0. The van der Waals surface area contributed by atoms with Gasteiger partial charge in [0.1, 0.15) is 12.6 Å². The van der Waals surface area contributed by atoms with Crippen LogP contribution in [0.25, 0.3) is 0 Å². The summed E-state index contributed by atoms with van der Waals surface area (Å²) in [6.45, 7) is 5.70. The van der Waals surface area contributed by atoms with E-state index in [1.807, 2.05) is 38.1 Å². The van der Waals surface area contributed by atoms with Gasteiger partial charge in [-0.15, -0.1) is 0 Å². The predicted molar refractivity (Wildman–Crippen MR) is 128 cm³/mol. The molecule has 0 heterocycles. The van der Waals surface area contributed by atoms with Crippen LogP contribution in [0, 0.1) is 6.92 Å². The summed E-state index contributed by atoms with van der Waals surface area (Å²) in [4.78, 5) is 27.4. The molecule has 0 spiro atoms. The van der Waals surface area contributed by atoms with Crippen LogP contribution in [0.1, 0.15) is 31.4 Å². The molecule has 2 amide bonds. The summed E-state index contributed by atoms with van der Waals surface area (Å²) in [5.74, 6) is -0.799. The molecular formula is C23H30ClN3O4S. The second-order valence-electron chi connectivity index (χ2n) is 7.70. The Bertz CT molecular complexity index is 1060. The third kappa shape index (κ3) is 6.97. The van der Waals surface area contributed by atoms with E-state index in [4.69, 9.17) is 11.6 Å². The number of amides is 2. The van der Waals surface area contributed by atoms with Crippen molar-refractivity contribution in [1.29, 1.82) is 0 Å². The first-order valence-corrected chi connectivity index (χ1v) is 12.6. The summed E-state index contributed by atoms with van der Waals surface area (Å²) in [5.41, 5.74) is 2.08. The van der Waals surface area contributed by atoms with Crippen molar-refractivity contribution in [2.45, 2.75) is 39.8 Å². The monoisotopic (exact) mass is 479 g/mol. The molecule has 32 heavy (non-hydrogen) atoms. The number of sulfonamides is 1. The van der Waals surface area contributed by atoms with Crippen molar-refractivity contribution in [3.05, 3.63) is 64.7 Å². The average molecular weight is 480 g/mol. The lowest BCUT2D eigenvalue weighted by Gasteiger charge is -2.31. The van der Waals surface area contributed by atoms with E-state index in [-0.39, 0.29) is 23.2 Å². The van der Waals surface area contributed by atoms with Crippen LogP contribution in [0.15, 0.2) is 48.5 Å². The number of benzene rings is 2. The lowest BCUT2D eigenvalue weighted by molar-refractivity contribution is -0.139. The summed E-state index contributed by atoms with van der Waals surface area (Å²) >= 11 is 6.21. The highest BCUT2D eigenvalue weighted by Gasteiger charge is 2.30. The third-order valence-electron chi connectivity index (χ3n) is 4.95. The van der Waals surface area contributed by atoms with Gasteiger partial charge in [0.25, 0.3) is 0 Å². The van der Waals surface area contributed by atoms with Gasteiger partial charge < -0.3 is 10.2 Å². The summed E-state index contributed by atoms with van der Waals surface area (Å²) in [7, 11) is -3.81. The number of hydrogen-bond acceptors (Lipinski definition) is 4. The molecule has 9 heteroatoms. The Hall–Kier alpha value is -2.58. The van der Waals surface area contributed by atoms with E-state index in [0.29, 0.717) is 6.54 Å². The van der Waals surface area contributed by atoms with Crippen molar-refractivity contribution in [2.24, 2.45) is 0 Å². The van der Waals surface area contributed by atoms with E-state index in [1.54, 1.807) is 31.2 Å². The molecule has 1 atom stereocenters. The quantitative estimate of drug-likeness (QED) is 0.566. The van der Waals surface area contributed by atoms with Gasteiger partial charge in [-0.1, -0.05) is 60.5 Å². The maximum Gasteiger partial charge on any atom is 0.244 e. The fourth-order valence-electron chi connectivity index (χ4n) is 3.23. The standard InChI is InChI=1S/C23H30ClN3O4S/c1-5-13-25-23(29)18(3)26(15-19-10-8-9-17(2)14-19)22(28)16-27(32(4,30)31)21-12-7-6-11-20(21)24/h6-12,14,18H,5,13,15-16H2,1-4H3,(H,25,29)/t18-/m0/s1. The minimum atomic E-state index is -3.81. The fourth-order valence-corrected chi connectivity index (χ4v) is 4.38. The first kappa shape index (κ1) is 25.7. The van der Waals surface area contributed by atoms with Crippen molar-refractivity contribution >= 4 is 39.1 Å². The number of carbonyl (C=O) groups excluding carboxylic acids is 2. The number of para-hydroxylation sites is 1. The van der Waals surface area contributed by atoms with Gasteiger partial charge in [-0.25, -0.2) is 8.42 Å². The van der Waals surface area contributed by atoms with Crippen LogP contribution in [-0.2, 0) is 26.2 Å². The Labute approximate surface area is 195 Å². The fraction of sp³-hybridized carbons (Fsp3) is 0.391. The van der Waals surface area contributed by atoms with E-state index in [0.717, 1.165) is 28.1 Å². The molecule has 0 saturated heterocycles. The zero-order valence-electron chi connectivity index (χ0n) is 18.8. The third-order valence-corrected chi connectivity index (χ3v) is 6.40. The molecule has 2 aromatic rings. The molecule has 1 N–H and O–H groups in total. The molecule has 0 saturated carbocycles. The largest absolute Gasteiger partial charge is 0.354 e. The Balaban J connectivity index is 2.38. The average Bonchev–Trinajstić information content (AvgIpc) is 2.73. The van der Waals surface area contributed by atoms with Crippen molar-refractivity contribution in [1.82, 2.24) is 10.2 Å². The second-order valence-corrected chi connectivity index (χ2v) is 10.0. The summed E-state index contributed by atoms with van der Waals surface area (Å²) < 4.78 is 26.0. The Morgan fingerprint density at radius 2 is 1.81 bits per heavy atom. The highest BCUT2D eigenvalue weighted by Crippen LogP contribution is 2.27. The van der Waals surface area contributed by atoms with Crippen molar-refractivity contribution in [3.8, 4) is 0 Å². The van der Waals surface area contributed by atoms with Crippen LogP contribution in [0.3, 0.4) is 0 Å². The van der Waals surface area contributed by atoms with Gasteiger partial charge in [0.2, 0.25) is 21.8 Å². The van der Waals surface area contributed by atoms with Crippen LogP contribution in [0.4, 0.5) is 5.69 Å². The van der Waals surface area contributed by atoms with Gasteiger partial charge in [-0.05, 0) is 38.0 Å². The van der Waals surface area contributed by atoms with Crippen LogP contribution < -0.4 is 9.62 Å². The highest BCUT2D eigenvalue weighted by molar-refractivity contribution is 7.92. The molecule has 0 fully saturated rings. The molecule has 2 aromatic carbocycles.